The highest BCUT2D eigenvalue weighted by Gasteiger charge is 2.31. The predicted octanol–water partition coefficient (Wildman–Crippen LogP) is 2.86. The fourth-order valence-corrected chi connectivity index (χ4v) is 3.31. The summed E-state index contributed by atoms with van der Waals surface area (Å²) in [5, 5.41) is 4.25. The number of nitrogens with zero attached hydrogens (tertiary/aromatic N) is 4. The third-order valence-electron chi connectivity index (χ3n) is 4.90. The molecule has 0 bridgehead atoms. The maximum absolute atomic E-state index is 12.9. The number of hydrogen-bond acceptors (Lipinski definition) is 3. The molecule has 9 heteroatoms. The normalized spacial score (nSPS) is 15.5. The molecule has 156 valence electrons. The van der Waals surface area contributed by atoms with E-state index < -0.39 is 11.7 Å². The standard InChI is InChI=1S/C20H23F3N4O2/c1-15-5-9-27(24-15)10-7-18(28)25-8-6-19(29)26(12-11-25)14-16-3-2-4-17(13-16)20(21,22)23/h2-5,9,13H,6-8,10-12,14H2,1H3. The Labute approximate surface area is 166 Å². The average Bonchev–Trinajstić information content (AvgIpc) is 3.00. The van der Waals surface area contributed by atoms with Crippen molar-refractivity contribution in [1.29, 1.82) is 0 Å². The molecule has 0 atom stereocenters. The number of rotatable bonds is 5. The maximum atomic E-state index is 12.9. The number of hydrogen-bond donors (Lipinski definition) is 0. The van der Waals surface area contributed by atoms with Crippen LogP contribution in [-0.2, 0) is 28.9 Å². The summed E-state index contributed by atoms with van der Waals surface area (Å²) < 4.78 is 40.4. The smallest absolute Gasteiger partial charge is 0.340 e. The lowest BCUT2D eigenvalue weighted by atomic mass is 10.1. The molecule has 3 rings (SSSR count). The van der Waals surface area contributed by atoms with Crippen LogP contribution in [0, 0.1) is 6.92 Å². The second-order valence-corrected chi connectivity index (χ2v) is 7.11. The van der Waals surface area contributed by atoms with Crippen molar-refractivity contribution in [3.05, 3.63) is 53.3 Å². The monoisotopic (exact) mass is 408 g/mol. The molecule has 0 saturated carbocycles. The number of halogens is 3. The fourth-order valence-electron chi connectivity index (χ4n) is 3.31. The minimum Gasteiger partial charge on any atom is -0.340 e. The highest BCUT2D eigenvalue weighted by Crippen LogP contribution is 2.29. The number of benzene rings is 1. The van der Waals surface area contributed by atoms with Crippen molar-refractivity contribution < 1.29 is 22.8 Å². The highest BCUT2D eigenvalue weighted by atomic mass is 19.4. The first-order chi connectivity index (χ1) is 13.7. The van der Waals surface area contributed by atoms with E-state index in [0.717, 1.165) is 17.8 Å². The Kier molecular flexibility index (Phi) is 6.24. The zero-order chi connectivity index (χ0) is 21.0. The minimum atomic E-state index is -4.42. The van der Waals surface area contributed by atoms with Crippen molar-refractivity contribution in [3.63, 3.8) is 0 Å². The zero-order valence-electron chi connectivity index (χ0n) is 16.2. The van der Waals surface area contributed by atoms with Gasteiger partial charge in [-0.2, -0.15) is 18.3 Å². The molecule has 0 aliphatic carbocycles. The second-order valence-electron chi connectivity index (χ2n) is 7.11. The molecular weight excluding hydrogens is 385 g/mol. The number of alkyl halides is 3. The van der Waals surface area contributed by atoms with Crippen LogP contribution in [-0.4, -0.2) is 51.0 Å². The summed E-state index contributed by atoms with van der Waals surface area (Å²) in [6.45, 7) is 3.40. The van der Waals surface area contributed by atoms with Gasteiger partial charge in [0, 0.05) is 51.8 Å². The Morgan fingerprint density at radius 1 is 1.17 bits per heavy atom. The molecule has 1 aliphatic heterocycles. The SMILES string of the molecule is Cc1ccn(CCC(=O)N2CCC(=O)N(Cc3cccc(C(F)(F)F)c3)CC2)n1. The van der Waals surface area contributed by atoms with Crippen LogP contribution in [0.3, 0.4) is 0 Å². The molecule has 0 radical (unpaired) electrons. The molecule has 0 spiro atoms. The van der Waals surface area contributed by atoms with Gasteiger partial charge in [0.05, 0.1) is 11.3 Å². The summed E-state index contributed by atoms with van der Waals surface area (Å²) >= 11 is 0. The average molecular weight is 408 g/mol. The third kappa shape index (κ3) is 5.58. The van der Waals surface area contributed by atoms with Crippen LogP contribution in [0.15, 0.2) is 36.5 Å². The highest BCUT2D eigenvalue weighted by molar-refractivity contribution is 5.80. The molecule has 0 unspecified atom stereocenters. The molecule has 1 aromatic carbocycles. The summed E-state index contributed by atoms with van der Waals surface area (Å²) in [7, 11) is 0. The molecule has 1 fully saturated rings. The van der Waals surface area contributed by atoms with Crippen LogP contribution in [0.1, 0.15) is 29.7 Å². The van der Waals surface area contributed by atoms with Gasteiger partial charge in [-0.15, -0.1) is 0 Å². The van der Waals surface area contributed by atoms with Gasteiger partial charge in [0.2, 0.25) is 11.8 Å². The zero-order valence-corrected chi connectivity index (χ0v) is 16.2. The van der Waals surface area contributed by atoms with E-state index in [-0.39, 0.29) is 31.2 Å². The summed E-state index contributed by atoms with van der Waals surface area (Å²) in [6, 6.07) is 6.85. The Bertz CT molecular complexity index is 879. The lowest BCUT2D eigenvalue weighted by molar-refractivity contribution is -0.137. The number of aryl methyl sites for hydroxylation is 2. The van der Waals surface area contributed by atoms with E-state index in [0.29, 0.717) is 31.7 Å². The van der Waals surface area contributed by atoms with Crippen LogP contribution in [0.2, 0.25) is 0 Å². The van der Waals surface area contributed by atoms with Crippen LogP contribution < -0.4 is 0 Å². The Morgan fingerprint density at radius 2 is 1.97 bits per heavy atom. The van der Waals surface area contributed by atoms with Gasteiger partial charge >= 0.3 is 6.18 Å². The van der Waals surface area contributed by atoms with E-state index in [4.69, 9.17) is 0 Å². The van der Waals surface area contributed by atoms with Gasteiger partial charge in [0.15, 0.2) is 0 Å². The Morgan fingerprint density at radius 3 is 2.66 bits per heavy atom. The van der Waals surface area contributed by atoms with Crippen molar-refractivity contribution in [3.8, 4) is 0 Å². The van der Waals surface area contributed by atoms with Crippen LogP contribution in [0.4, 0.5) is 13.2 Å². The van der Waals surface area contributed by atoms with Gasteiger partial charge in [0.25, 0.3) is 0 Å². The summed E-state index contributed by atoms with van der Waals surface area (Å²) in [5.74, 6) is -0.229. The first kappa shape index (κ1) is 20.9. The van der Waals surface area contributed by atoms with E-state index in [1.165, 1.54) is 11.0 Å². The molecule has 2 aromatic rings. The predicted molar refractivity (Wildman–Crippen MR) is 99.6 cm³/mol. The molecule has 1 saturated heterocycles. The number of carbonyl (C=O) groups excluding carboxylic acids is 2. The first-order valence-electron chi connectivity index (χ1n) is 9.44. The van der Waals surface area contributed by atoms with Crippen molar-refractivity contribution >= 4 is 11.8 Å². The van der Waals surface area contributed by atoms with Gasteiger partial charge in [0.1, 0.15) is 0 Å². The van der Waals surface area contributed by atoms with Crippen LogP contribution >= 0.6 is 0 Å². The van der Waals surface area contributed by atoms with E-state index in [2.05, 4.69) is 5.10 Å². The van der Waals surface area contributed by atoms with Crippen LogP contribution in [0.5, 0.6) is 0 Å². The minimum absolute atomic E-state index is 0.0631. The Hall–Kier alpha value is -2.84. The van der Waals surface area contributed by atoms with E-state index in [1.54, 1.807) is 15.6 Å². The van der Waals surface area contributed by atoms with Crippen molar-refractivity contribution in [2.24, 2.45) is 0 Å². The topological polar surface area (TPSA) is 58.4 Å². The van der Waals surface area contributed by atoms with Gasteiger partial charge in [-0.3, -0.25) is 14.3 Å². The van der Waals surface area contributed by atoms with Crippen LogP contribution in [0.25, 0.3) is 0 Å². The quantitative estimate of drug-likeness (QED) is 0.765. The van der Waals surface area contributed by atoms with Crippen molar-refractivity contribution in [2.75, 3.05) is 19.6 Å². The number of amides is 2. The van der Waals surface area contributed by atoms with Gasteiger partial charge in [-0.25, -0.2) is 0 Å². The molecule has 6 nitrogen and oxygen atoms in total. The summed E-state index contributed by atoms with van der Waals surface area (Å²) in [5.41, 5.74) is 0.563. The fraction of sp³-hybridized carbons (Fsp3) is 0.450. The van der Waals surface area contributed by atoms with E-state index >= 15 is 0 Å². The van der Waals surface area contributed by atoms with Crippen molar-refractivity contribution in [2.45, 2.75) is 39.0 Å². The lowest BCUT2D eigenvalue weighted by Crippen LogP contribution is -2.36. The third-order valence-corrected chi connectivity index (χ3v) is 4.90. The Balaban J connectivity index is 1.57. The summed E-state index contributed by atoms with van der Waals surface area (Å²) in [6.07, 6.45) is -2.17. The molecule has 29 heavy (non-hydrogen) atoms. The van der Waals surface area contributed by atoms with Gasteiger partial charge < -0.3 is 9.80 Å². The molecule has 1 aliphatic rings. The molecule has 2 amide bonds. The largest absolute Gasteiger partial charge is 0.416 e. The molecule has 0 N–H and O–H groups in total. The van der Waals surface area contributed by atoms with E-state index in [9.17, 15) is 22.8 Å². The maximum Gasteiger partial charge on any atom is 0.416 e. The first-order valence-corrected chi connectivity index (χ1v) is 9.44. The van der Waals surface area contributed by atoms with Gasteiger partial charge in [-0.05, 0) is 30.7 Å². The lowest BCUT2D eigenvalue weighted by Gasteiger charge is -2.22. The second kappa shape index (κ2) is 8.67. The van der Waals surface area contributed by atoms with Crippen molar-refractivity contribution in [1.82, 2.24) is 19.6 Å². The van der Waals surface area contributed by atoms with Gasteiger partial charge in [-0.1, -0.05) is 12.1 Å². The molecule has 2 heterocycles. The number of aromatic nitrogens is 2. The molecular formula is C20H23F3N4O2. The molecule has 1 aromatic heterocycles. The summed E-state index contributed by atoms with van der Waals surface area (Å²) in [4.78, 5) is 28.0. The number of carbonyl (C=O) groups is 2. The van der Waals surface area contributed by atoms with E-state index in [1.807, 2.05) is 19.2 Å².